The van der Waals surface area contributed by atoms with E-state index in [2.05, 4.69) is 64.0 Å². The minimum absolute atomic E-state index is 0.0191. The van der Waals surface area contributed by atoms with Crippen molar-refractivity contribution in [2.45, 2.75) is 6.18 Å². The lowest BCUT2D eigenvalue weighted by Gasteiger charge is -2.22. The van der Waals surface area contributed by atoms with Gasteiger partial charge in [0.25, 0.3) is 0 Å². The topological polar surface area (TPSA) is 40.0 Å². The number of nitrogens with zero attached hydrogens (tertiary/aromatic N) is 5. The molecule has 8 aromatic carbocycles. The average molecular weight is 884 g/mol. The summed E-state index contributed by atoms with van der Waals surface area (Å²) in [5, 5.41) is 3.69. The van der Waals surface area contributed by atoms with Crippen molar-refractivity contribution in [3.63, 3.8) is 0 Å². The zero-order valence-corrected chi connectivity index (χ0v) is 36.2. The summed E-state index contributed by atoms with van der Waals surface area (Å²) >= 11 is 0. The molecule has 0 unspecified atom stereocenters. The summed E-state index contributed by atoms with van der Waals surface area (Å²) in [4.78, 5) is 13.9. The first-order valence-corrected chi connectivity index (χ1v) is 22.2. The van der Waals surface area contributed by atoms with Crippen molar-refractivity contribution >= 4 is 49.3 Å². The van der Waals surface area contributed by atoms with Crippen LogP contribution >= 0.6 is 0 Å². The molecule has 0 spiro atoms. The Balaban J connectivity index is 1.14. The molecule has 0 bridgehead atoms. The first-order valence-electron chi connectivity index (χ1n) is 22.2. The van der Waals surface area contributed by atoms with Crippen LogP contribution in [0, 0.1) is 6.57 Å². The van der Waals surface area contributed by atoms with Crippen LogP contribution in [0.1, 0.15) is 5.56 Å². The van der Waals surface area contributed by atoms with E-state index in [1.165, 1.54) is 12.1 Å². The first-order chi connectivity index (χ1) is 33.4. The quantitative estimate of drug-likeness (QED) is 0.150. The van der Waals surface area contributed by atoms with Crippen LogP contribution < -0.4 is 0 Å². The third kappa shape index (κ3) is 6.55. The normalized spacial score (nSPS) is 11.7. The van der Waals surface area contributed by atoms with Gasteiger partial charge in [-0.25, -0.2) is 4.85 Å². The third-order valence-corrected chi connectivity index (χ3v) is 12.9. The van der Waals surface area contributed by atoms with E-state index in [1.54, 1.807) is 30.6 Å². The maximum absolute atomic E-state index is 15.1. The molecule has 0 aliphatic rings. The Kier molecular flexibility index (Phi) is 9.59. The summed E-state index contributed by atoms with van der Waals surface area (Å²) in [6, 6.07) is 65.7. The number of alkyl halides is 3. The monoisotopic (exact) mass is 883 g/mol. The summed E-state index contributed by atoms with van der Waals surface area (Å²) in [6.07, 6.45) is -1.08. The van der Waals surface area contributed by atoms with Gasteiger partial charge in [0.1, 0.15) is 0 Å². The standard InChI is InChI=1S/C60H36F3N5/c1-64-58-55(67-51-26-12-9-21-45(51)48-36-40(28-31-53(48)67)42-23-14-34-65-56(42)38-16-4-2-5-17-38)33-30-47(44-20-8-11-25-50(44)60(61,62)63)59(58)68-52-27-13-10-22-46(52)49-37-41(29-32-54(49)68)43-24-15-35-66-57(43)39-18-6-3-7-19-39/h2-37H. The van der Waals surface area contributed by atoms with Gasteiger partial charge in [0, 0.05) is 56.2 Å². The summed E-state index contributed by atoms with van der Waals surface area (Å²) < 4.78 is 49.4. The maximum atomic E-state index is 15.1. The molecule has 0 saturated carbocycles. The smallest absolute Gasteiger partial charge is 0.319 e. The summed E-state index contributed by atoms with van der Waals surface area (Å²) in [7, 11) is 0. The van der Waals surface area contributed by atoms with Crippen molar-refractivity contribution in [1.82, 2.24) is 19.1 Å². The van der Waals surface area contributed by atoms with Gasteiger partial charge in [0.2, 0.25) is 5.69 Å². The Bertz CT molecular complexity index is 3970. The minimum Gasteiger partial charge on any atom is -0.319 e. The van der Waals surface area contributed by atoms with Gasteiger partial charge in [-0.1, -0.05) is 146 Å². The molecule has 4 heterocycles. The van der Waals surface area contributed by atoms with Crippen LogP contribution in [0.5, 0.6) is 0 Å². The lowest BCUT2D eigenvalue weighted by molar-refractivity contribution is -0.137. The number of rotatable bonds is 7. The Hall–Kier alpha value is -9.06. The predicted octanol–water partition coefficient (Wildman–Crippen LogP) is 16.6. The number of hydrogen-bond acceptors (Lipinski definition) is 2. The summed E-state index contributed by atoms with van der Waals surface area (Å²) in [6.45, 7) is 9.06. The van der Waals surface area contributed by atoms with Crippen LogP contribution in [0.25, 0.3) is 116 Å². The average Bonchev–Trinajstić information content (AvgIpc) is 3.90. The van der Waals surface area contributed by atoms with Gasteiger partial charge in [0.05, 0.1) is 57.0 Å². The zero-order valence-electron chi connectivity index (χ0n) is 36.2. The zero-order chi connectivity index (χ0) is 45.9. The molecular weight excluding hydrogens is 848 g/mol. The molecule has 0 aliphatic carbocycles. The molecule has 4 aromatic heterocycles. The van der Waals surface area contributed by atoms with E-state index >= 15 is 13.2 Å². The van der Waals surface area contributed by atoms with Gasteiger partial charge < -0.3 is 9.13 Å². The second kappa shape index (κ2) is 16.1. The molecule has 0 aliphatic heterocycles. The van der Waals surface area contributed by atoms with Crippen molar-refractivity contribution in [2.24, 2.45) is 0 Å². The van der Waals surface area contributed by atoms with E-state index in [-0.39, 0.29) is 16.8 Å². The SMILES string of the molecule is [C-]#[N+]c1c(-n2c3ccccc3c3cc(-c4cccnc4-c4ccccc4)ccc32)ccc(-c2ccccc2C(F)(F)F)c1-n1c2ccccc2c2cc(-c3cccnc3-c3ccccc3)ccc21. The fourth-order valence-electron chi connectivity index (χ4n) is 9.98. The number of benzene rings is 8. The lowest BCUT2D eigenvalue weighted by atomic mass is 9.95. The fourth-order valence-corrected chi connectivity index (χ4v) is 9.98. The number of halogens is 3. The Morgan fingerprint density at radius 3 is 1.43 bits per heavy atom. The van der Waals surface area contributed by atoms with Crippen molar-refractivity contribution in [1.29, 1.82) is 0 Å². The Morgan fingerprint density at radius 2 is 0.868 bits per heavy atom. The van der Waals surface area contributed by atoms with Crippen molar-refractivity contribution in [2.75, 3.05) is 0 Å². The molecular formula is C60H36F3N5. The van der Waals surface area contributed by atoms with Gasteiger partial charge in [-0.05, 0) is 82.9 Å². The van der Waals surface area contributed by atoms with E-state index in [1.807, 2.05) is 120 Å². The Morgan fingerprint density at radius 1 is 0.397 bits per heavy atom. The highest BCUT2D eigenvalue weighted by Gasteiger charge is 2.35. The molecule has 322 valence electrons. The maximum Gasteiger partial charge on any atom is 0.417 e. The van der Waals surface area contributed by atoms with Crippen molar-refractivity contribution in [3.05, 3.63) is 236 Å². The highest BCUT2D eigenvalue weighted by atomic mass is 19.4. The second-order valence-corrected chi connectivity index (χ2v) is 16.7. The van der Waals surface area contributed by atoms with Crippen LogP contribution in [0.15, 0.2) is 219 Å². The van der Waals surface area contributed by atoms with Crippen LogP contribution in [-0.2, 0) is 6.18 Å². The summed E-state index contributed by atoms with van der Waals surface area (Å²) in [5.41, 5.74) is 11.3. The van der Waals surface area contributed by atoms with Gasteiger partial charge in [-0.15, -0.1) is 0 Å². The van der Waals surface area contributed by atoms with Crippen LogP contribution in [-0.4, -0.2) is 19.1 Å². The molecule has 12 rings (SSSR count). The van der Waals surface area contributed by atoms with Gasteiger partial charge >= 0.3 is 6.18 Å². The van der Waals surface area contributed by atoms with E-state index in [9.17, 15) is 0 Å². The van der Waals surface area contributed by atoms with Crippen LogP contribution in [0.4, 0.5) is 18.9 Å². The summed E-state index contributed by atoms with van der Waals surface area (Å²) in [5.74, 6) is 0. The molecule has 68 heavy (non-hydrogen) atoms. The molecule has 8 heteroatoms. The molecule has 0 saturated heterocycles. The number of fused-ring (bicyclic) bond motifs is 6. The van der Waals surface area contributed by atoms with Crippen molar-refractivity contribution in [3.8, 4) is 67.3 Å². The number of para-hydroxylation sites is 2. The molecule has 0 atom stereocenters. The minimum atomic E-state index is -4.67. The number of hydrogen-bond donors (Lipinski definition) is 0. The van der Waals surface area contributed by atoms with Gasteiger partial charge in [-0.2, -0.15) is 13.2 Å². The Labute approximate surface area is 389 Å². The van der Waals surface area contributed by atoms with E-state index in [0.29, 0.717) is 11.4 Å². The highest BCUT2D eigenvalue weighted by Crippen LogP contribution is 2.49. The molecule has 0 amide bonds. The van der Waals surface area contributed by atoms with Crippen LogP contribution in [0.3, 0.4) is 0 Å². The first kappa shape index (κ1) is 40.4. The molecule has 0 fully saturated rings. The van der Waals surface area contributed by atoms with Crippen LogP contribution in [0.2, 0.25) is 0 Å². The van der Waals surface area contributed by atoms with Gasteiger partial charge in [-0.3, -0.25) is 9.97 Å². The number of pyridine rings is 2. The fraction of sp³-hybridized carbons (Fsp3) is 0.0167. The molecule has 0 N–H and O–H groups in total. The largest absolute Gasteiger partial charge is 0.417 e. The highest BCUT2D eigenvalue weighted by molar-refractivity contribution is 6.14. The lowest BCUT2D eigenvalue weighted by Crippen LogP contribution is -2.09. The van der Waals surface area contributed by atoms with Gasteiger partial charge in [0.15, 0.2) is 0 Å². The van der Waals surface area contributed by atoms with E-state index in [4.69, 9.17) is 16.5 Å². The van der Waals surface area contributed by atoms with E-state index < -0.39 is 11.7 Å². The van der Waals surface area contributed by atoms with E-state index in [0.717, 1.165) is 94.4 Å². The molecule has 12 aromatic rings. The third-order valence-electron chi connectivity index (χ3n) is 12.9. The number of aromatic nitrogens is 4. The molecule has 0 radical (unpaired) electrons. The predicted molar refractivity (Wildman–Crippen MR) is 269 cm³/mol. The van der Waals surface area contributed by atoms with Crippen molar-refractivity contribution < 1.29 is 13.2 Å². The molecule has 5 nitrogen and oxygen atoms in total. The second-order valence-electron chi connectivity index (χ2n) is 16.7.